The van der Waals surface area contributed by atoms with E-state index in [-0.39, 0.29) is 18.4 Å². The van der Waals surface area contributed by atoms with E-state index in [1.165, 1.54) is 11.8 Å². The molecule has 0 fully saturated rings. The number of nitrogens with zero attached hydrogens (tertiary/aromatic N) is 1. The number of hydrogen-bond acceptors (Lipinski definition) is 2. The topological polar surface area (TPSA) is 49.4 Å². The van der Waals surface area contributed by atoms with Gasteiger partial charge in [0.15, 0.2) is 0 Å². The maximum Gasteiger partial charge on any atom is 0.240 e. The first-order valence-corrected chi connectivity index (χ1v) is 7.41. The molecule has 0 spiro atoms. The van der Waals surface area contributed by atoms with Crippen LogP contribution in [0.5, 0.6) is 0 Å². The summed E-state index contributed by atoms with van der Waals surface area (Å²) in [5, 5.41) is 2.82. The van der Waals surface area contributed by atoms with Crippen LogP contribution in [0.2, 0.25) is 0 Å². The van der Waals surface area contributed by atoms with Gasteiger partial charge >= 0.3 is 0 Å². The van der Waals surface area contributed by atoms with Crippen molar-refractivity contribution in [1.29, 1.82) is 0 Å². The van der Waals surface area contributed by atoms with Gasteiger partial charge in [0.1, 0.15) is 6.54 Å². The van der Waals surface area contributed by atoms with Crippen molar-refractivity contribution in [1.82, 2.24) is 5.32 Å². The van der Waals surface area contributed by atoms with Crippen LogP contribution < -0.4 is 10.2 Å². The van der Waals surface area contributed by atoms with Crippen molar-refractivity contribution in [3.63, 3.8) is 0 Å². The van der Waals surface area contributed by atoms with E-state index in [0.29, 0.717) is 12.5 Å². The fourth-order valence-electron chi connectivity index (χ4n) is 1.70. The summed E-state index contributed by atoms with van der Waals surface area (Å²) in [4.78, 5) is 25.1. The molecule has 0 saturated heterocycles. The number of hydrogen-bond donors (Lipinski definition) is 1. The van der Waals surface area contributed by atoms with Crippen LogP contribution in [-0.2, 0) is 9.59 Å². The highest BCUT2D eigenvalue weighted by atomic mass is 79.9. The molecule has 0 radical (unpaired) electrons. The van der Waals surface area contributed by atoms with Crippen LogP contribution >= 0.6 is 15.9 Å². The third-order valence-corrected chi connectivity index (χ3v) is 3.73. The zero-order valence-corrected chi connectivity index (χ0v) is 14.0. The zero-order chi connectivity index (χ0) is 15.3. The van der Waals surface area contributed by atoms with Gasteiger partial charge in [-0.15, -0.1) is 0 Å². The number of aryl methyl sites for hydroxylation is 1. The molecule has 0 aliphatic rings. The SMILES string of the molecule is CC(=O)N(CC(=O)NCC(C)C)c1ccc(Br)c(C)c1. The second-order valence-electron chi connectivity index (χ2n) is 5.24. The standard InChI is InChI=1S/C15H21BrN2O2/c1-10(2)8-17-15(20)9-18(12(4)19)13-5-6-14(16)11(3)7-13/h5-7,10H,8-9H2,1-4H3,(H,17,20). The van der Waals surface area contributed by atoms with Crippen molar-refractivity contribution in [2.45, 2.75) is 27.7 Å². The summed E-state index contributed by atoms with van der Waals surface area (Å²) in [5.41, 5.74) is 1.76. The van der Waals surface area contributed by atoms with Gasteiger partial charge in [-0.1, -0.05) is 29.8 Å². The molecule has 1 rings (SSSR count). The van der Waals surface area contributed by atoms with Crippen LogP contribution in [0, 0.1) is 12.8 Å². The highest BCUT2D eigenvalue weighted by Gasteiger charge is 2.16. The van der Waals surface area contributed by atoms with Gasteiger partial charge in [-0.25, -0.2) is 0 Å². The van der Waals surface area contributed by atoms with Crippen molar-refractivity contribution < 1.29 is 9.59 Å². The molecule has 0 aliphatic heterocycles. The lowest BCUT2D eigenvalue weighted by atomic mass is 10.2. The van der Waals surface area contributed by atoms with E-state index in [1.807, 2.05) is 39.0 Å². The fourth-order valence-corrected chi connectivity index (χ4v) is 1.95. The highest BCUT2D eigenvalue weighted by molar-refractivity contribution is 9.10. The molecule has 0 aliphatic carbocycles. The lowest BCUT2D eigenvalue weighted by Gasteiger charge is -2.21. The Bertz CT molecular complexity index is 501. The minimum atomic E-state index is -0.147. The minimum Gasteiger partial charge on any atom is -0.354 e. The normalized spacial score (nSPS) is 10.5. The van der Waals surface area contributed by atoms with Gasteiger partial charge in [0.2, 0.25) is 11.8 Å². The van der Waals surface area contributed by atoms with Gasteiger partial charge in [0, 0.05) is 23.6 Å². The van der Waals surface area contributed by atoms with Crippen molar-refractivity contribution in [3.05, 3.63) is 28.2 Å². The summed E-state index contributed by atoms with van der Waals surface area (Å²) < 4.78 is 0.981. The molecular weight excluding hydrogens is 320 g/mol. The van der Waals surface area contributed by atoms with Crippen molar-refractivity contribution in [2.24, 2.45) is 5.92 Å². The molecule has 2 amide bonds. The Labute approximate surface area is 128 Å². The van der Waals surface area contributed by atoms with E-state index >= 15 is 0 Å². The summed E-state index contributed by atoms with van der Waals surface area (Å²) in [6.45, 7) is 8.13. The van der Waals surface area contributed by atoms with Gasteiger partial charge < -0.3 is 10.2 Å². The molecule has 110 valence electrons. The molecule has 1 aromatic carbocycles. The number of halogens is 1. The average Bonchev–Trinajstić information content (AvgIpc) is 2.36. The molecule has 20 heavy (non-hydrogen) atoms. The van der Waals surface area contributed by atoms with Gasteiger partial charge in [-0.2, -0.15) is 0 Å². The van der Waals surface area contributed by atoms with E-state index in [4.69, 9.17) is 0 Å². The van der Waals surface area contributed by atoms with Crippen molar-refractivity contribution >= 4 is 33.4 Å². The molecule has 0 atom stereocenters. The molecule has 5 heteroatoms. The van der Waals surface area contributed by atoms with Crippen LogP contribution in [0.4, 0.5) is 5.69 Å². The van der Waals surface area contributed by atoms with E-state index in [1.54, 1.807) is 0 Å². The molecule has 1 aromatic rings. The molecule has 0 bridgehead atoms. The number of rotatable bonds is 5. The Balaban J connectivity index is 2.81. The quantitative estimate of drug-likeness (QED) is 0.895. The van der Waals surface area contributed by atoms with Crippen molar-refractivity contribution in [3.8, 4) is 0 Å². The monoisotopic (exact) mass is 340 g/mol. The van der Waals surface area contributed by atoms with Gasteiger partial charge in [-0.3, -0.25) is 9.59 Å². The van der Waals surface area contributed by atoms with Gasteiger partial charge in [0.25, 0.3) is 0 Å². The van der Waals surface area contributed by atoms with E-state index in [0.717, 1.165) is 15.7 Å². The summed E-state index contributed by atoms with van der Waals surface area (Å²) >= 11 is 3.42. The number of anilines is 1. The minimum absolute atomic E-state index is 0.0448. The summed E-state index contributed by atoms with van der Waals surface area (Å²) in [7, 11) is 0. The average molecular weight is 341 g/mol. The first-order valence-electron chi connectivity index (χ1n) is 6.62. The lowest BCUT2D eigenvalue weighted by Crippen LogP contribution is -2.40. The maximum absolute atomic E-state index is 11.9. The van der Waals surface area contributed by atoms with Crippen LogP contribution in [0.3, 0.4) is 0 Å². The van der Waals surface area contributed by atoms with E-state index in [9.17, 15) is 9.59 Å². The van der Waals surface area contributed by atoms with Gasteiger partial charge in [-0.05, 0) is 36.6 Å². The van der Waals surface area contributed by atoms with E-state index < -0.39 is 0 Å². The highest BCUT2D eigenvalue weighted by Crippen LogP contribution is 2.23. The molecule has 4 nitrogen and oxygen atoms in total. The van der Waals surface area contributed by atoms with Crippen molar-refractivity contribution in [2.75, 3.05) is 18.0 Å². The number of carbonyl (C=O) groups is 2. The van der Waals surface area contributed by atoms with Crippen LogP contribution in [0.25, 0.3) is 0 Å². The van der Waals surface area contributed by atoms with Crippen LogP contribution in [0.15, 0.2) is 22.7 Å². The Morgan fingerprint density at radius 2 is 2.00 bits per heavy atom. The molecule has 0 heterocycles. The second kappa shape index (κ2) is 7.43. The number of nitrogens with one attached hydrogen (secondary N) is 1. The number of benzene rings is 1. The van der Waals surface area contributed by atoms with E-state index in [2.05, 4.69) is 21.2 Å². The Morgan fingerprint density at radius 3 is 2.50 bits per heavy atom. The molecular formula is C15H21BrN2O2. The maximum atomic E-state index is 11.9. The summed E-state index contributed by atoms with van der Waals surface area (Å²) in [6.07, 6.45) is 0. The summed E-state index contributed by atoms with van der Waals surface area (Å²) in [5.74, 6) is 0.0977. The lowest BCUT2D eigenvalue weighted by molar-refractivity contribution is -0.123. The zero-order valence-electron chi connectivity index (χ0n) is 12.4. The largest absolute Gasteiger partial charge is 0.354 e. The van der Waals surface area contributed by atoms with Crippen LogP contribution in [-0.4, -0.2) is 24.9 Å². The smallest absolute Gasteiger partial charge is 0.240 e. The molecule has 0 unspecified atom stereocenters. The predicted octanol–water partition coefficient (Wildman–Crippen LogP) is 2.88. The molecule has 0 aromatic heterocycles. The molecule has 0 saturated carbocycles. The Morgan fingerprint density at radius 1 is 1.35 bits per heavy atom. The second-order valence-corrected chi connectivity index (χ2v) is 6.09. The number of amides is 2. The third-order valence-electron chi connectivity index (χ3n) is 2.84. The number of carbonyl (C=O) groups excluding carboxylic acids is 2. The molecule has 1 N–H and O–H groups in total. The predicted molar refractivity (Wildman–Crippen MR) is 84.8 cm³/mol. The fraction of sp³-hybridized carbons (Fsp3) is 0.467. The van der Waals surface area contributed by atoms with Gasteiger partial charge in [0.05, 0.1) is 0 Å². The Kier molecular flexibility index (Phi) is 6.20. The third kappa shape index (κ3) is 4.96. The Hall–Kier alpha value is -1.36. The summed E-state index contributed by atoms with van der Waals surface area (Å²) in [6, 6.07) is 5.60. The van der Waals surface area contributed by atoms with Crippen LogP contribution in [0.1, 0.15) is 26.3 Å². The first-order chi connectivity index (χ1) is 9.31. The first kappa shape index (κ1) is 16.7.